The number of carbonyl (C=O) groups excluding carboxylic acids is 2. The van der Waals surface area contributed by atoms with Crippen molar-refractivity contribution in [2.24, 2.45) is 0 Å². The van der Waals surface area contributed by atoms with E-state index < -0.39 is 0 Å². The summed E-state index contributed by atoms with van der Waals surface area (Å²) in [5, 5.41) is 3.82. The zero-order valence-electron chi connectivity index (χ0n) is 16.4. The molecule has 1 fully saturated rings. The Bertz CT molecular complexity index is 1180. The number of ether oxygens (including phenoxy) is 1. The SMILES string of the molecule is CCOC(=O)N1CCC(NC(=O)c2ccc3nc4ccc(Cl)cc4c(=O)n3c2)CC1. The van der Waals surface area contributed by atoms with Crippen molar-refractivity contribution in [1.29, 1.82) is 0 Å². The van der Waals surface area contributed by atoms with Gasteiger partial charge in [-0.2, -0.15) is 0 Å². The van der Waals surface area contributed by atoms with Crippen molar-refractivity contribution < 1.29 is 14.3 Å². The van der Waals surface area contributed by atoms with Crippen LogP contribution in [-0.2, 0) is 4.74 Å². The van der Waals surface area contributed by atoms with Crippen LogP contribution in [0, 0.1) is 0 Å². The lowest BCUT2D eigenvalue weighted by Gasteiger charge is -2.31. The van der Waals surface area contributed by atoms with Crippen LogP contribution in [0.3, 0.4) is 0 Å². The van der Waals surface area contributed by atoms with Crippen LogP contribution in [0.5, 0.6) is 0 Å². The Kier molecular flexibility index (Phi) is 5.59. The van der Waals surface area contributed by atoms with Gasteiger partial charge in [0.2, 0.25) is 0 Å². The summed E-state index contributed by atoms with van der Waals surface area (Å²) in [5.41, 5.74) is 1.08. The van der Waals surface area contributed by atoms with Gasteiger partial charge in [0.05, 0.1) is 23.1 Å². The van der Waals surface area contributed by atoms with Crippen LogP contribution in [0.1, 0.15) is 30.1 Å². The average molecular weight is 429 g/mol. The highest BCUT2D eigenvalue weighted by atomic mass is 35.5. The van der Waals surface area contributed by atoms with E-state index in [1.54, 1.807) is 42.2 Å². The Morgan fingerprint density at radius 1 is 1.23 bits per heavy atom. The van der Waals surface area contributed by atoms with Crippen molar-refractivity contribution in [3.63, 3.8) is 0 Å². The molecule has 2 aromatic heterocycles. The van der Waals surface area contributed by atoms with Crippen molar-refractivity contribution >= 4 is 40.2 Å². The Morgan fingerprint density at radius 3 is 2.73 bits per heavy atom. The van der Waals surface area contributed by atoms with Crippen molar-refractivity contribution in [2.75, 3.05) is 19.7 Å². The summed E-state index contributed by atoms with van der Waals surface area (Å²) >= 11 is 6.01. The second-order valence-electron chi connectivity index (χ2n) is 7.16. The molecule has 0 radical (unpaired) electrons. The lowest BCUT2D eigenvalue weighted by atomic mass is 10.0. The molecule has 8 nitrogen and oxygen atoms in total. The van der Waals surface area contributed by atoms with E-state index in [-0.39, 0.29) is 23.6 Å². The molecule has 156 valence electrons. The molecule has 0 saturated carbocycles. The first-order chi connectivity index (χ1) is 14.5. The second kappa shape index (κ2) is 8.31. The van der Waals surface area contributed by atoms with E-state index >= 15 is 0 Å². The Morgan fingerprint density at radius 2 is 2.00 bits per heavy atom. The average Bonchev–Trinajstić information content (AvgIpc) is 2.75. The monoisotopic (exact) mass is 428 g/mol. The van der Waals surface area contributed by atoms with Crippen LogP contribution in [-0.4, -0.2) is 52.0 Å². The fourth-order valence-corrected chi connectivity index (χ4v) is 3.77. The van der Waals surface area contributed by atoms with Gasteiger partial charge in [-0.1, -0.05) is 11.6 Å². The Labute approximate surface area is 177 Å². The lowest BCUT2D eigenvalue weighted by molar-refractivity contribution is 0.0859. The van der Waals surface area contributed by atoms with Gasteiger partial charge in [-0.25, -0.2) is 9.78 Å². The highest BCUT2D eigenvalue weighted by Crippen LogP contribution is 2.17. The first kappa shape index (κ1) is 20.2. The van der Waals surface area contributed by atoms with Gasteiger partial charge in [0, 0.05) is 30.4 Å². The normalized spacial score (nSPS) is 14.8. The van der Waals surface area contributed by atoms with Gasteiger partial charge >= 0.3 is 6.09 Å². The molecule has 1 aliphatic rings. The van der Waals surface area contributed by atoms with E-state index in [4.69, 9.17) is 16.3 Å². The van der Waals surface area contributed by atoms with Crippen molar-refractivity contribution in [1.82, 2.24) is 19.6 Å². The number of nitrogens with zero attached hydrogens (tertiary/aromatic N) is 3. The number of nitrogens with one attached hydrogen (secondary N) is 1. The van der Waals surface area contributed by atoms with Gasteiger partial charge < -0.3 is 15.0 Å². The standard InChI is InChI=1S/C21H21ClN4O4/c1-2-30-21(29)25-9-7-15(8-10-25)23-19(27)13-3-6-18-24-17-5-4-14(22)11-16(17)20(28)26(18)12-13/h3-6,11-12,15H,2,7-10H2,1H3,(H,23,27). The van der Waals surface area contributed by atoms with Gasteiger partial charge in [0.15, 0.2) is 0 Å². The predicted octanol–water partition coefficient (Wildman–Crippen LogP) is 2.85. The molecule has 0 spiro atoms. The highest BCUT2D eigenvalue weighted by Gasteiger charge is 2.25. The van der Waals surface area contributed by atoms with E-state index in [0.29, 0.717) is 59.7 Å². The fourth-order valence-electron chi connectivity index (χ4n) is 3.60. The summed E-state index contributed by atoms with van der Waals surface area (Å²) in [6, 6.07) is 8.19. The number of halogens is 1. The maximum atomic E-state index is 12.8. The summed E-state index contributed by atoms with van der Waals surface area (Å²) in [4.78, 5) is 43.5. The van der Waals surface area contributed by atoms with Gasteiger partial charge in [-0.3, -0.25) is 14.0 Å². The minimum absolute atomic E-state index is 0.0517. The Hall–Kier alpha value is -3.13. The first-order valence-electron chi connectivity index (χ1n) is 9.80. The third-order valence-electron chi connectivity index (χ3n) is 5.19. The molecule has 1 aromatic carbocycles. The van der Waals surface area contributed by atoms with Crippen LogP contribution in [0.15, 0.2) is 41.3 Å². The summed E-state index contributed by atoms with van der Waals surface area (Å²) < 4.78 is 6.37. The number of hydrogen-bond acceptors (Lipinski definition) is 5. The first-order valence-corrected chi connectivity index (χ1v) is 10.2. The number of carbonyl (C=O) groups is 2. The van der Waals surface area contributed by atoms with E-state index in [1.165, 1.54) is 10.6 Å². The van der Waals surface area contributed by atoms with Gasteiger partial charge in [0.25, 0.3) is 11.5 Å². The maximum absolute atomic E-state index is 12.8. The van der Waals surface area contributed by atoms with Gasteiger partial charge in [-0.05, 0) is 50.1 Å². The number of piperidine rings is 1. The topological polar surface area (TPSA) is 93.0 Å². The number of benzene rings is 1. The van der Waals surface area contributed by atoms with Crippen LogP contribution >= 0.6 is 11.6 Å². The van der Waals surface area contributed by atoms with Crippen LogP contribution < -0.4 is 10.9 Å². The molecule has 3 heterocycles. The predicted molar refractivity (Wildman–Crippen MR) is 113 cm³/mol. The number of hydrogen-bond donors (Lipinski definition) is 1. The number of aromatic nitrogens is 2. The molecule has 4 rings (SSSR count). The maximum Gasteiger partial charge on any atom is 0.409 e. The summed E-state index contributed by atoms with van der Waals surface area (Å²) in [5.74, 6) is -0.274. The number of pyridine rings is 1. The quantitative estimate of drug-likeness (QED) is 0.647. The lowest BCUT2D eigenvalue weighted by Crippen LogP contribution is -2.46. The van der Waals surface area contributed by atoms with E-state index in [9.17, 15) is 14.4 Å². The molecule has 1 N–H and O–H groups in total. The zero-order valence-corrected chi connectivity index (χ0v) is 17.2. The zero-order chi connectivity index (χ0) is 21.3. The largest absolute Gasteiger partial charge is 0.450 e. The van der Waals surface area contributed by atoms with E-state index in [0.717, 1.165) is 0 Å². The fraction of sp³-hybridized carbons (Fsp3) is 0.333. The molecule has 0 atom stereocenters. The van der Waals surface area contributed by atoms with E-state index in [1.807, 2.05) is 0 Å². The number of likely N-dealkylation sites (tertiary alicyclic amines) is 1. The minimum Gasteiger partial charge on any atom is -0.450 e. The summed E-state index contributed by atoms with van der Waals surface area (Å²) in [6.45, 7) is 3.16. The number of rotatable bonds is 3. The summed E-state index contributed by atoms with van der Waals surface area (Å²) in [7, 11) is 0. The molecule has 0 aliphatic carbocycles. The third kappa shape index (κ3) is 3.95. The van der Waals surface area contributed by atoms with Crippen LogP contribution in [0.2, 0.25) is 5.02 Å². The van der Waals surface area contributed by atoms with E-state index in [2.05, 4.69) is 10.3 Å². The highest BCUT2D eigenvalue weighted by molar-refractivity contribution is 6.31. The Balaban J connectivity index is 1.51. The molecule has 0 unspecified atom stereocenters. The van der Waals surface area contributed by atoms with Gasteiger partial charge in [0.1, 0.15) is 5.65 Å². The number of fused-ring (bicyclic) bond motifs is 2. The molecular formula is C21H21ClN4O4. The minimum atomic E-state index is -0.323. The number of amides is 2. The molecular weight excluding hydrogens is 408 g/mol. The van der Waals surface area contributed by atoms with Crippen molar-refractivity contribution in [3.8, 4) is 0 Å². The smallest absolute Gasteiger partial charge is 0.409 e. The summed E-state index contributed by atoms with van der Waals surface area (Å²) in [6.07, 6.45) is 2.45. The third-order valence-corrected chi connectivity index (χ3v) is 5.42. The second-order valence-corrected chi connectivity index (χ2v) is 7.59. The molecule has 1 saturated heterocycles. The van der Waals surface area contributed by atoms with Crippen molar-refractivity contribution in [3.05, 3.63) is 57.5 Å². The van der Waals surface area contributed by atoms with Crippen LogP contribution in [0.4, 0.5) is 4.79 Å². The molecule has 3 aromatic rings. The van der Waals surface area contributed by atoms with Gasteiger partial charge in [-0.15, -0.1) is 0 Å². The van der Waals surface area contributed by atoms with Crippen LogP contribution in [0.25, 0.3) is 16.6 Å². The molecule has 0 bridgehead atoms. The molecule has 30 heavy (non-hydrogen) atoms. The molecule has 9 heteroatoms. The van der Waals surface area contributed by atoms with Crippen molar-refractivity contribution in [2.45, 2.75) is 25.8 Å². The molecule has 2 amide bonds. The molecule has 1 aliphatic heterocycles.